The summed E-state index contributed by atoms with van der Waals surface area (Å²) in [5.41, 5.74) is -0.0920. The summed E-state index contributed by atoms with van der Waals surface area (Å²) in [4.78, 5) is 11.0. The van der Waals surface area contributed by atoms with Gasteiger partial charge in [0.2, 0.25) is 0 Å². The normalized spacial score (nSPS) is 12.2. The first-order valence-electron chi connectivity index (χ1n) is 5.92. The van der Waals surface area contributed by atoms with Gasteiger partial charge in [-0.2, -0.15) is 0 Å². The zero-order chi connectivity index (χ0) is 15.6. The summed E-state index contributed by atoms with van der Waals surface area (Å²) in [6.45, 7) is 4.70. The molecule has 7 heteroatoms. The summed E-state index contributed by atoms with van der Waals surface area (Å²) in [6, 6.07) is 4.16. The largest absolute Gasteiger partial charge is 0.492 e. The molecule has 0 aliphatic heterocycles. The van der Waals surface area contributed by atoms with Crippen LogP contribution in [-0.2, 0) is 9.84 Å². The van der Waals surface area contributed by atoms with Crippen LogP contribution in [0.25, 0.3) is 0 Å². The Kier molecular flexibility index (Phi) is 5.05. The second kappa shape index (κ2) is 6.01. The van der Waals surface area contributed by atoms with E-state index in [1.165, 1.54) is 18.2 Å². The number of hydrogen-bond acceptors (Lipinski definition) is 4. The third-order valence-electron chi connectivity index (χ3n) is 2.71. The lowest BCUT2D eigenvalue weighted by Crippen LogP contribution is -2.32. The molecule has 0 saturated carbocycles. The Labute approximate surface area is 123 Å². The van der Waals surface area contributed by atoms with Crippen LogP contribution in [0, 0.1) is 0 Å². The van der Waals surface area contributed by atoms with Crippen molar-refractivity contribution in [1.29, 1.82) is 0 Å². The van der Waals surface area contributed by atoms with Crippen LogP contribution in [0.4, 0.5) is 0 Å². The molecule has 20 heavy (non-hydrogen) atoms. The van der Waals surface area contributed by atoms with Gasteiger partial charge in [0.05, 0.1) is 10.5 Å². The van der Waals surface area contributed by atoms with Crippen molar-refractivity contribution in [2.75, 3.05) is 12.4 Å². The average molecular weight is 321 g/mol. The number of halogens is 1. The molecule has 0 atom stereocenters. The molecule has 0 aliphatic rings. The third-order valence-corrected chi connectivity index (χ3v) is 5.52. The van der Waals surface area contributed by atoms with Crippen LogP contribution in [0.15, 0.2) is 18.2 Å². The van der Waals surface area contributed by atoms with E-state index >= 15 is 0 Å². The van der Waals surface area contributed by atoms with Gasteiger partial charge in [-0.15, -0.1) is 0 Å². The lowest BCUT2D eigenvalue weighted by molar-refractivity contribution is 0.0692. The predicted octanol–water partition coefficient (Wildman–Crippen LogP) is 2.63. The van der Waals surface area contributed by atoms with E-state index in [-0.39, 0.29) is 28.7 Å². The number of sulfone groups is 1. The number of rotatable bonds is 5. The minimum atomic E-state index is -3.31. The summed E-state index contributed by atoms with van der Waals surface area (Å²) < 4.78 is 28.2. The summed E-state index contributed by atoms with van der Waals surface area (Å²) in [5, 5.41) is 9.30. The van der Waals surface area contributed by atoms with Gasteiger partial charge in [-0.3, -0.25) is 0 Å². The lowest BCUT2D eigenvalue weighted by atomic mass is 10.2. The summed E-state index contributed by atoms with van der Waals surface area (Å²) in [5.74, 6) is -1.26. The molecule has 0 unspecified atom stereocenters. The molecule has 0 fully saturated rings. The second-order valence-electron chi connectivity index (χ2n) is 5.23. The maximum absolute atomic E-state index is 11.9. The van der Waals surface area contributed by atoms with E-state index in [2.05, 4.69) is 0 Å². The van der Waals surface area contributed by atoms with Crippen LogP contribution >= 0.6 is 11.6 Å². The highest BCUT2D eigenvalue weighted by Crippen LogP contribution is 2.23. The first-order valence-corrected chi connectivity index (χ1v) is 7.95. The maximum Gasteiger partial charge on any atom is 0.339 e. The van der Waals surface area contributed by atoms with Gasteiger partial charge in [0.15, 0.2) is 9.84 Å². The first-order chi connectivity index (χ1) is 9.04. The molecule has 0 amide bonds. The Morgan fingerprint density at radius 3 is 2.45 bits per heavy atom. The molecule has 1 aromatic rings. The van der Waals surface area contributed by atoms with Gasteiger partial charge in [-0.1, -0.05) is 11.6 Å². The fourth-order valence-corrected chi connectivity index (χ4v) is 2.45. The molecule has 0 heterocycles. The van der Waals surface area contributed by atoms with Gasteiger partial charge in [0, 0.05) is 5.02 Å². The topological polar surface area (TPSA) is 80.7 Å². The molecule has 0 bridgehead atoms. The Balaban J connectivity index is 2.80. The molecule has 1 rings (SSSR count). The number of hydrogen-bond donors (Lipinski definition) is 1. The van der Waals surface area contributed by atoms with Crippen LogP contribution in [0.3, 0.4) is 0 Å². The Morgan fingerprint density at radius 2 is 1.95 bits per heavy atom. The van der Waals surface area contributed by atoms with Crippen LogP contribution in [0.2, 0.25) is 5.02 Å². The predicted molar refractivity (Wildman–Crippen MR) is 77.4 cm³/mol. The highest BCUT2D eigenvalue weighted by atomic mass is 35.5. The zero-order valence-corrected chi connectivity index (χ0v) is 13.1. The van der Waals surface area contributed by atoms with Crippen molar-refractivity contribution in [3.8, 4) is 5.75 Å². The molecular weight excluding hydrogens is 304 g/mol. The number of benzene rings is 1. The van der Waals surface area contributed by atoms with Gasteiger partial charge >= 0.3 is 5.97 Å². The van der Waals surface area contributed by atoms with Gasteiger partial charge in [-0.05, 0) is 39.0 Å². The smallest absolute Gasteiger partial charge is 0.339 e. The molecule has 112 valence electrons. The Bertz CT molecular complexity index is 602. The molecule has 0 saturated heterocycles. The highest BCUT2D eigenvalue weighted by Gasteiger charge is 2.28. The number of carboxylic acid groups (broad SMARTS) is 1. The summed E-state index contributed by atoms with van der Waals surface area (Å²) in [6.07, 6.45) is 0. The van der Waals surface area contributed by atoms with E-state index in [1.54, 1.807) is 20.8 Å². The number of carboxylic acids is 1. The summed E-state index contributed by atoms with van der Waals surface area (Å²) in [7, 11) is -3.31. The van der Waals surface area contributed by atoms with Crippen molar-refractivity contribution in [2.45, 2.75) is 25.5 Å². The van der Waals surface area contributed by atoms with Crippen molar-refractivity contribution in [2.24, 2.45) is 0 Å². The second-order valence-corrected chi connectivity index (χ2v) is 8.52. The molecular formula is C13H17ClO5S. The maximum atomic E-state index is 11.9. The van der Waals surface area contributed by atoms with Crippen LogP contribution in [0.1, 0.15) is 31.1 Å². The van der Waals surface area contributed by atoms with E-state index in [9.17, 15) is 13.2 Å². The van der Waals surface area contributed by atoms with E-state index in [1.807, 2.05) is 0 Å². The fraction of sp³-hybridized carbons (Fsp3) is 0.462. The van der Waals surface area contributed by atoms with Gasteiger partial charge in [0.1, 0.15) is 17.9 Å². The monoisotopic (exact) mass is 320 g/mol. The molecule has 0 spiro atoms. The molecule has 0 radical (unpaired) electrons. The van der Waals surface area contributed by atoms with Crippen LogP contribution in [0.5, 0.6) is 5.75 Å². The lowest BCUT2D eigenvalue weighted by Gasteiger charge is -2.19. The van der Waals surface area contributed by atoms with E-state index < -0.39 is 20.6 Å². The Morgan fingerprint density at radius 1 is 1.35 bits per heavy atom. The third kappa shape index (κ3) is 4.11. The van der Waals surface area contributed by atoms with E-state index in [0.29, 0.717) is 0 Å². The molecule has 5 nitrogen and oxygen atoms in total. The van der Waals surface area contributed by atoms with Gasteiger partial charge in [0.25, 0.3) is 0 Å². The van der Waals surface area contributed by atoms with Crippen molar-refractivity contribution in [1.82, 2.24) is 0 Å². The van der Waals surface area contributed by atoms with E-state index in [4.69, 9.17) is 21.4 Å². The van der Waals surface area contributed by atoms with Crippen LogP contribution < -0.4 is 4.74 Å². The molecule has 0 aliphatic carbocycles. The quantitative estimate of drug-likeness (QED) is 0.902. The summed E-state index contributed by atoms with van der Waals surface area (Å²) >= 11 is 5.71. The first kappa shape index (κ1) is 16.8. The van der Waals surface area contributed by atoms with Crippen molar-refractivity contribution >= 4 is 27.4 Å². The van der Waals surface area contributed by atoms with Gasteiger partial charge < -0.3 is 9.84 Å². The Hall–Kier alpha value is -1.27. The van der Waals surface area contributed by atoms with Crippen molar-refractivity contribution in [3.63, 3.8) is 0 Å². The average Bonchev–Trinajstić information content (AvgIpc) is 2.29. The SMILES string of the molecule is CC(C)(C)S(=O)(=O)CCOc1ccc(Cl)cc1C(=O)O. The van der Waals surface area contributed by atoms with Crippen molar-refractivity contribution < 1.29 is 23.1 Å². The number of ether oxygens (including phenoxy) is 1. The highest BCUT2D eigenvalue weighted by molar-refractivity contribution is 7.92. The van der Waals surface area contributed by atoms with E-state index in [0.717, 1.165) is 0 Å². The standard InChI is InChI=1S/C13H17ClO5S/c1-13(2,3)20(17,18)7-6-19-11-5-4-9(14)8-10(11)12(15)16/h4-5,8H,6-7H2,1-3H3,(H,15,16). The fourth-order valence-electron chi connectivity index (χ4n) is 1.36. The van der Waals surface area contributed by atoms with Gasteiger partial charge in [-0.25, -0.2) is 13.2 Å². The number of aromatic carboxylic acids is 1. The molecule has 1 N–H and O–H groups in total. The van der Waals surface area contributed by atoms with Crippen LogP contribution in [-0.4, -0.2) is 36.6 Å². The minimum absolute atomic E-state index is 0.0920. The minimum Gasteiger partial charge on any atom is -0.492 e. The molecule has 0 aromatic heterocycles. The van der Waals surface area contributed by atoms with Crippen molar-refractivity contribution in [3.05, 3.63) is 28.8 Å². The zero-order valence-electron chi connectivity index (χ0n) is 11.5. The molecule has 1 aromatic carbocycles. The number of carbonyl (C=O) groups is 1.